The number of aliphatic hydroxyl groups is 1. The van der Waals surface area contributed by atoms with Gasteiger partial charge in [0.1, 0.15) is 6.10 Å². The number of sulfone groups is 2. The first-order valence-corrected chi connectivity index (χ1v) is 11.6. The molecule has 0 saturated carbocycles. The average molecular weight is 435 g/mol. The van der Waals surface area contributed by atoms with Crippen molar-refractivity contribution in [3.63, 3.8) is 0 Å². The number of halogens is 1. The fraction of sp³-hybridized carbons (Fsp3) is 0.143. The molecule has 1 N–H and O–H groups in total. The van der Waals surface area contributed by atoms with Crippen LogP contribution in [0.4, 0.5) is 4.39 Å². The van der Waals surface area contributed by atoms with Gasteiger partial charge in [-0.15, -0.1) is 0 Å². The van der Waals surface area contributed by atoms with Gasteiger partial charge in [-0.3, -0.25) is 0 Å². The van der Waals surface area contributed by atoms with E-state index in [0.717, 1.165) is 29.8 Å². The smallest absolute Gasteiger partial charge is 0.346 e. The van der Waals surface area contributed by atoms with Crippen LogP contribution in [0.15, 0.2) is 94.7 Å². The van der Waals surface area contributed by atoms with Gasteiger partial charge in [0.25, 0.3) is 0 Å². The molecule has 3 aromatic rings. The van der Waals surface area contributed by atoms with E-state index in [9.17, 15) is 21.9 Å². The number of alkyl halides is 1. The van der Waals surface area contributed by atoms with Crippen LogP contribution < -0.4 is 0 Å². The van der Waals surface area contributed by atoms with Crippen molar-refractivity contribution in [1.82, 2.24) is 0 Å². The Balaban J connectivity index is 2.31. The van der Waals surface area contributed by atoms with E-state index in [1.165, 1.54) is 60.7 Å². The number of hydrogen-bond donors (Lipinski definition) is 1. The van der Waals surface area contributed by atoms with E-state index in [4.69, 9.17) is 0 Å². The molecule has 0 bridgehead atoms. The van der Waals surface area contributed by atoms with E-state index in [1.54, 1.807) is 6.92 Å². The van der Waals surface area contributed by atoms with Crippen LogP contribution in [-0.2, 0) is 19.7 Å². The van der Waals surface area contributed by atoms with Crippen molar-refractivity contribution in [1.29, 1.82) is 0 Å². The van der Waals surface area contributed by atoms with Crippen LogP contribution in [0, 0.1) is 6.92 Å². The summed E-state index contributed by atoms with van der Waals surface area (Å²) in [6.45, 7) is 1.75. The Kier molecular flexibility index (Phi) is 5.62. The maximum absolute atomic E-state index is 16.5. The van der Waals surface area contributed by atoms with E-state index in [0.29, 0.717) is 0 Å². The van der Waals surface area contributed by atoms with Crippen LogP contribution in [0.1, 0.15) is 17.2 Å². The van der Waals surface area contributed by atoms with Gasteiger partial charge in [-0.1, -0.05) is 66.2 Å². The summed E-state index contributed by atoms with van der Waals surface area (Å²) in [4.78, 5) is -1.10. The molecule has 5 nitrogen and oxygen atoms in total. The molecule has 0 amide bonds. The lowest BCUT2D eigenvalue weighted by molar-refractivity contribution is 0.0943. The van der Waals surface area contributed by atoms with Crippen LogP contribution in [0.25, 0.3) is 0 Å². The first kappa shape index (κ1) is 21.2. The SMILES string of the molecule is Cc1ccc(C(O)C(F)(S(=O)(=O)c2ccccc2)S(=O)(=O)c2ccccc2)cc1. The molecule has 0 saturated heterocycles. The summed E-state index contributed by atoms with van der Waals surface area (Å²) in [5, 5.41) is 10.8. The van der Waals surface area contributed by atoms with Gasteiger partial charge in [0.2, 0.25) is 19.7 Å². The minimum Gasteiger partial charge on any atom is -0.383 e. The van der Waals surface area contributed by atoms with Gasteiger partial charge in [0.15, 0.2) is 0 Å². The Hall–Kier alpha value is -2.55. The topological polar surface area (TPSA) is 88.5 Å². The summed E-state index contributed by atoms with van der Waals surface area (Å²) in [5.74, 6) is 0. The van der Waals surface area contributed by atoms with E-state index in [2.05, 4.69) is 0 Å². The molecule has 0 radical (unpaired) electrons. The molecule has 3 rings (SSSR count). The number of aliphatic hydroxyl groups excluding tert-OH is 1. The Morgan fingerprint density at radius 3 is 1.48 bits per heavy atom. The second kappa shape index (κ2) is 7.70. The largest absolute Gasteiger partial charge is 0.383 e. The molecule has 3 aromatic carbocycles. The summed E-state index contributed by atoms with van der Waals surface area (Å²) >= 11 is 0. The molecule has 29 heavy (non-hydrogen) atoms. The van der Waals surface area contributed by atoms with Gasteiger partial charge < -0.3 is 5.11 Å². The third-order valence-electron chi connectivity index (χ3n) is 4.56. The lowest BCUT2D eigenvalue weighted by atomic mass is 10.1. The average Bonchev–Trinajstić information content (AvgIpc) is 2.74. The van der Waals surface area contributed by atoms with Crippen molar-refractivity contribution in [2.24, 2.45) is 0 Å². The van der Waals surface area contributed by atoms with Gasteiger partial charge in [-0.25, -0.2) is 21.2 Å². The Bertz CT molecular complexity index is 1120. The second-order valence-corrected chi connectivity index (χ2v) is 10.9. The van der Waals surface area contributed by atoms with Gasteiger partial charge >= 0.3 is 4.33 Å². The highest BCUT2D eigenvalue weighted by Crippen LogP contribution is 2.45. The maximum Gasteiger partial charge on any atom is 0.346 e. The predicted octanol–water partition coefficient (Wildman–Crippen LogP) is 3.60. The van der Waals surface area contributed by atoms with Gasteiger partial charge in [0.05, 0.1) is 9.79 Å². The molecule has 0 aliphatic carbocycles. The van der Waals surface area contributed by atoms with E-state index < -0.39 is 39.9 Å². The molecule has 1 atom stereocenters. The minimum absolute atomic E-state index is 0.169. The van der Waals surface area contributed by atoms with Crippen molar-refractivity contribution in [3.8, 4) is 0 Å². The monoisotopic (exact) mass is 434 g/mol. The summed E-state index contributed by atoms with van der Waals surface area (Å²) in [6.07, 6.45) is -2.47. The molecular weight excluding hydrogens is 415 g/mol. The van der Waals surface area contributed by atoms with Crippen molar-refractivity contribution in [2.45, 2.75) is 27.2 Å². The molecule has 8 heteroatoms. The summed E-state index contributed by atoms with van der Waals surface area (Å²) < 4.78 is 65.4. The fourth-order valence-corrected chi connectivity index (χ4v) is 7.17. The normalized spacial score (nSPS) is 13.8. The fourth-order valence-electron chi connectivity index (χ4n) is 2.91. The van der Waals surface area contributed by atoms with Crippen molar-refractivity contribution < 1.29 is 26.3 Å². The predicted molar refractivity (Wildman–Crippen MR) is 107 cm³/mol. The zero-order chi connectivity index (χ0) is 21.3. The molecule has 0 heterocycles. The standard InChI is InChI=1S/C21H19FO5S2/c1-16-12-14-17(15-13-16)20(23)21(22,28(24,25)18-8-4-2-5-9-18)29(26,27)19-10-6-3-7-11-19/h2-15,20,23H,1H3. The molecule has 0 spiro atoms. The highest BCUT2D eigenvalue weighted by Gasteiger charge is 2.63. The highest BCUT2D eigenvalue weighted by atomic mass is 32.3. The minimum atomic E-state index is -5.17. The Morgan fingerprint density at radius 2 is 1.10 bits per heavy atom. The van der Waals surface area contributed by atoms with Crippen LogP contribution in [-0.4, -0.2) is 26.3 Å². The van der Waals surface area contributed by atoms with Crippen molar-refractivity contribution >= 4 is 19.7 Å². The Labute approximate surface area is 169 Å². The molecular formula is C21H19FO5S2. The molecule has 0 aliphatic rings. The summed E-state index contributed by atoms with van der Waals surface area (Å²) in [5.41, 5.74) is 0.611. The summed E-state index contributed by atoms with van der Waals surface area (Å²) in [7, 11) is -10.3. The van der Waals surface area contributed by atoms with Gasteiger partial charge in [-0.05, 0) is 36.8 Å². The van der Waals surface area contributed by atoms with Gasteiger partial charge in [0, 0.05) is 0 Å². The molecule has 152 valence electrons. The number of hydrogen-bond acceptors (Lipinski definition) is 5. The molecule has 1 unspecified atom stereocenters. The van der Waals surface area contributed by atoms with Crippen LogP contribution >= 0.6 is 0 Å². The lowest BCUT2D eigenvalue weighted by Gasteiger charge is -2.30. The molecule has 0 aliphatic heterocycles. The number of benzene rings is 3. The first-order chi connectivity index (χ1) is 13.6. The molecule has 0 aromatic heterocycles. The number of rotatable bonds is 6. The third-order valence-corrected chi connectivity index (χ3v) is 9.57. The maximum atomic E-state index is 16.5. The van der Waals surface area contributed by atoms with Gasteiger partial charge in [-0.2, -0.15) is 0 Å². The lowest BCUT2D eigenvalue weighted by Crippen LogP contribution is -2.47. The Morgan fingerprint density at radius 1 is 0.724 bits per heavy atom. The van der Waals surface area contributed by atoms with Crippen LogP contribution in [0.3, 0.4) is 0 Å². The van der Waals surface area contributed by atoms with E-state index >= 15 is 4.39 Å². The van der Waals surface area contributed by atoms with E-state index in [1.807, 2.05) is 0 Å². The van der Waals surface area contributed by atoms with Crippen LogP contribution in [0.2, 0.25) is 0 Å². The molecule has 0 fully saturated rings. The summed E-state index contributed by atoms with van der Waals surface area (Å²) in [6, 6.07) is 18.4. The van der Waals surface area contributed by atoms with Crippen molar-refractivity contribution in [2.75, 3.05) is 0 Å². The van der Waals surface area contributed by atoms with E-state index in [-0.39, 0.29) is 5.56 Å². The van der Waals surface area contributed by atoms with Crippen molar-refractivity contribution in [3.05, 3.63) is 96.1 Å². The zero-order valence-corrected chi connectivity index (χ0v) is 17.1. The zero-order valence-electron chi connectivity index (χ0n) is 15.4. The second-order valence-electron chi connectivity index (χ2n) is 6.53. The van der Waals surface area contributed by atoms with Crippen LogP contribution in [0.5, 0.6) is 0 Å². The number of aryl methyl sites for hydroxylation is 1. The third kappa shape index (κ3) is 3.48. The quantitative estimate of drug-likeness (QED) is 0.640. The highest BCUT2D eigenvalue weighted by molar-refractivity contribution is 8.10. The first-order valence-electron chi connectivity index (χ1n) is 8.65.